The number of hydrogen-bond donors (Lipinski definition) is 2. The molecule has 0 radical (unpaired) electrons. The molecule has 0 aliphatic carbocycles. The van der Waals surface area contributed by atoms with E-state index in [4.69, 9.17) is 9.84 Å². The van der Waals surface area contributed by atoms with E-state index >= 15 is 0 Å². The van der Waals surface area contributed by atoms with Crippen LogP contribution in [0.5, 0.6) is 0 Å². The molecule has 1 heterocycles. The Kier molecular flexibility index (Phi) is 4.23. The van der Waals surface area contributed by atoms with Crippen LogP contribution in [0.3, 0.4) is 0 Å². The van der Waals surface area contributed by atoms with Gasteiger partial charge in [0, 0.05) is 18.1 Å². The van der Waals surface area contributed by atoms with E-state index in [0.29, 0.717) is 25.7 Å². The molecule has 0 spiro atoms. The van der Waals surface area contributed by atoms with Crippen LogP contribution in [0.2, 0.25) is 0 Å². The van der Waals surface area contributed by atoms with E-state index in [9.17, 15) is 0 Å². The molecular weight excluding hydrogens is 218 g/mol. The largest absolute Gasteiger partial charge is 0.394 e. The average Bonchev–Trinajstić information content (AvgIpc) is 2.38. The number of aromatic nitrogens is 2. The maximum Gasteiger partial charge on any atom is 0.223 e. The molecule has 1 aromatic heterocycles. The third kappa shape index (κ3) is 3.37. The van der Waals surface area contributed by atoms with E-state index in [2.05, 4.69) is 15.3 Å². The van der Waals surface area contributed by atoms with Crippen molar-refractivity contribution in [3.05, 3.63) is 30.5 Å². The van der Waals surface area contributed by atoms with Crippen LogP contribution in [0.15, 0.2) is 30.5 Å². The maximum atomic E-state index is 8.53. The maximum absolute atomic E-state index is 8.53. The van der Waals surface area contributed by atoms with Gasteiger partial charge < -0.3 is 15.2 Å². The number of rotatable bonds is 6. The number of nitrogens with zero attached hydrogens (tertiary/aromatic N) is 2. The van der Waals surface area contributed by atoms with Gasteiger partial charge >= 0.3 is 0 Å². The molecule has 2 rings (SSSR count). The number of benzene rings is 1. The molecule has 0 bridgehead atoms. The number of hydrogen-bond acceptors (Lipinski definition) is 5. The molecule has 90 valence electrons. The summed E-state index contributed by atoms with van der Waals surface area (Å²) in [7, 11) is 0. The van der Waals surface area contributed by atoms with Gasteiger partial charge in [-0.15, -0.1) is 0 Å². The second-order valence-electron chi connectivity index (χ2n) is 3.52. The van der Waals surface area contributed by atoms with Crippen LogP contribution < -0.4 is 5.32 Å². The second-order valence-corrected chi connectivity index (χ2v) is 3.52. The van der Waals surface area contributed by atoms with Crippen LogP contribution in [0, 0.1) is 0 Å². The van der Waals surface area contributed by atoms with E-state index in [1.54, 1.807) is 6.20 Å². The molecule has 5 heteroatoms. The molecule has 5 nitrogen and oxygen atoms in total. The predicted molar refractivity (Wildman–Crippen MR) is 65.9 cm³/mol. The van der Waals surface area contributed by atoms with Gasteiger partial charge in [0.1, 0.15) is 0 Å². The molecule has 2 aromatic rings. The normalized spacial score (nSPS) is 10.6. The van der Waals surface area contributed by atoms with Gasteiger partial charge in [-0.25, -0.2) is 9.97 Å². The molecule has 2 N–H and O–H groups in total. The number of aliphatic hydroxyl groups excluding tert-OH is 1. The summed E-state index contributed by atoms with van der Waals surface area (Å²) in [6.45, 7) is 1.56. The topological polar surface area (TPSA) is 67.3 Å². The zero-order valence-electron chi connectivity index (χ0n) is 9.47. The van der Waals surface area contributed by atoms with Gasteiger partial charge in [-0.3, -0.25) is 0 Å². The van der Waals surface area contributed by atoms with Crippen LogP contribution in [0.4, 0.5) is 5.95 Å². The summed E-state index contributed by atoms with van der Waals surface area (Å²) in [5, 5.41) is 12.6. The molecule has 0 atom stereocenters. The highest BCUT2D eigenvalue weighted by molar-refractivity contribution is 5.78. The number of ether oxygens (including phenoxy) is 1. The first-order chi connectivity index (χ1) is 8.40. The van der Waals surface area contributed by atoms with Gasteiger partial charge in [-0.1, -0.05) is 18.2 Å². The van der Waals surface area contributed by atoms with Crippen molar-refractivity contribution in [2.75, 3.05) is 31.7 Å². The fraction of sp³-hybridized carbons (Fsp3) is 0.333. The Balaban J connectivity index is 1.90. The zero-order valence-corrected chi connectivity index (χ0v) is 9.47. The van der Waals surface area contributed by atoms with Crippen molar-refractivity contribution in [3.63, 3.8) is 0 Å². The number of aliphatic hydroxyl groups is 1. The molecule has 0 saturated heterocycles. The minimum absolute atomic E-state index is 0.0481. The lowest BCUT2D eigenvalue weighted by Crippen LogP contribution is -2.12. The summed E-state index contributed by atoms with van der Waals surface area (Å²) in [5.41, 5.74) is 0.918. The number of nitrogens with one attached hydrogen (secondary N) is 1. The van der Waals surface area contributed by atoms with Gasteiger partial charge in [0.05, 0.1) is 25.3 Å². The van der Waals surface area contributed by atoms with E-state index in [-0.39, 0.29) is 6.61 Å². The Morgan fingerprint density at radius 1 is 1.24 bits per heavy atom. The van der Waals surface area contributed by atoms with Crippen LogP contribution in [-0.4, -0.2) is 41.4 Å². The number of anilines is 1. The second kappa shape index (κ2) is 6.12. The highest BCUT2D eigenvalue weighted by Crippen LogP contribution is 2.11. The first-order valence-corrected chi connectivity index (χ1v) is 5.54. The molecule has 0 amide bonds. The SMILES string of the molecule is OCCOCCNc1ncc2ccccc2n1. The Bertz CT molecular complexity index is 476. The number of para-hydroxylation sites is 1. The Morgan fingerprint density at radius 2 is 2.12 bits per heavy atom. The Hall–Kier alpha value is -1.72. The van der Waals surface area contributed by atoms with E-state index < -0.39 is 0 Å². The van der Waals surface area contributed by atoms with Crippen molar-refractivity contribution < 1.29 is 9.84 Å². The Morgan fingerprint density at radius 3 is 3.00 bits per heavy atom. The first kappa shape index (κ1) is 11.8. The Labute approximate surface area is 99.5 Å². The smallest absolute Gasteiger partial charge is 0.223 e. The summed E-state index contributed by atoms with van der Waals surface area (Å²) in [5.74, 6) is 0.594. The average molecular weight is 233 g/mol. The molecule has 0 unspecified atom stereocenters. The van der Waals surface area contributed by atoms with Crippen molar-refractivity contribution in [2.45, 2.75) is 0 Å². The fourth-order valence-electron chi connectivity index (χ4n) is 1.46. The quantitative estimate of drug-likeness (QED) is 0.730. The van der Waals surface area contributed by atoms with Crippen LogP contribution in [0.25, 0.3) is 10.9 Å². The summed E-state index contributed by atoms with van der Waals surface area (Å²) in [6.07, 6.45) is 1.79. The van der Waals surface area contributed by atoms with Gasteiger partial charge in [-0.05, 0) is 6.07 Å². The van der Waals surface area contributed by atoms with Crippen molar-refractivity contribution in [2.24, 2.45) is 0 Å². The van der Waals surface area contributed by atoms with E-state index in [1.807, 2.05) is 24.3 Å². The van der Waals surface area contributed by atoms with Crippen LogP contribution >= 0.6 is 0 Å². The van der Waals surface area contributed by atoms with Gasteiger partial charge in [0.2, 0.25) is 5.95 Å². The summed E-state index contributed by atoms with van der Waals surface area (Å²) in [6, 6.07) is 7.83. The molecule has 0 fully saturated rings. The first-order valence-electron chi connectivity index (χ1n) is 5.54. The molecule has 1 aromatic carbocycles. The molecule has 0 saturated carbocycles. The third-order valence-corrected chi connectivity index (χ3v) is 2.25. The molecule has 0 aliphatic rings. The van der Waals surface area contributed by atoms with Gasteiger partial charge in [-0.2, -0.15) is 0 Å². The van der Waals surface area contributed by atoms with Crippen molar-refractivity contribution in [3.8, 4) is 0 Å². The third-order valence-electron chi connectivity index (χ3n) is 2.25. The minimum atomic E-state index is 0.0481. The highest BCUT2D eigenvalue weighted by Gasteiger charge is 1.98. The van der Waals surface area contributed by atoms with E-state index in [1.165, 1.54) is 0 Å². The lowest BCUT2D eigenvalue weighted by molar-refractivity contribution is 0.0991. The summed E-state index contributed by atoms with van der Waals surface area (Å²) >= 11 is 0. The number of fused-ring (bicyclic) bond motifs is 1. The lowest BCUT2D eigenvalue weighted by atomic mass is 10.2. The zero-order chi connectivity index (χ0) is 11.9. The molecule has 0 aliphatic heterocycles. The van der Waals surface area contributed by atoms with Gasteiger partial charge in [0.15, 0.2) is 0 Å². The van der Waals surface area contributed by atoms with Crippen LogP contribution in [0.1, 0.15) is 0 Å². The van der Waals surface area contributed by atoms with Crippen molar-refractivity contribution in [1.82, 2.24) is 9.97 Å². The molecule has 17 heavy (non-hydrogen) atoms. The van der Waals surface area contributed by atoms with Crippen LogP contribution in [-0.2, 0) is 4.74 Å². The molecular formula is C12H15N3O2. The fourth-order valence-corrected chi connectivity index (χ4v) is 1.46. The highest BCUT2D eigenvalue weighted by atomic mass is 16.5. The van der Waals surface area contributed by atoms with Crippen molar-refractivity contribution >= 4 is 16.9 Å². The lowest BCUT2D eigenvalue weighted by Gasteiger charge is -2.05. The van der Waals surface area contributed by atoms with E-state index in [0.717, 1.165) is 10.9 Å². The monoisotopic (exact) mass is 233 g/mol. The van der Waals surface area contributed by atoms with Crippen molar-refractivity contribution in [1.29, 1.82) is 0 Å². The summed E-state index contributed by atoms with van der Waals surface area (Å²) in [4.78, 5) is 8.56. The summed E-state index contributed by atoms with van der Waals surface area (Å²) < 4.78 is 5.12. The standard InChI is InChI=1S/C12H15N3O2/c16-6-8-17-7-5-13-12-14-9-10-3-1-2-4-11(10)15-12/h1-4,9,16H,5-8H2,(H,13,14,15). The van der Waals surface area contributed by atoms with Gasteiger partial charge in [0.25, 0.3) is 0 Å². The minimum Gasteiger partial charge on any atom is -0.394 e. The predicted octanol–water partition coefficient (Wildman–Crippen LogP) is 1.05.